The van der Waals surface area contributed by atoms with Crippen molar-refractivity contribution in [3.8, 4) is 5.75 Å². The van der Waals surface area contributed by atoms with Crippen LogP contribution in [0.25, 0.3) is 0 Å². The van der Waals surface area contributed by atoms with Crippen molar-refractivity contribution in [1.82, 2.24) is 0 Å². The third-order valence-corrected chi connectivity index (χ3v) is 3.64. The van der Waals surface area contributed by atoms with E-state index >= 15 is 0 Å². The lowest BCUT2D eigenvalue weighted by Gasteiger charge is -2.13. The molecule has 2 N–H and O–H groups in total. The first-order valence-corrected chi connectivity index (χ1v) is 7.71. The topological polar surface area (TPSA) is 67.4 Å². The van der Waals surface area contributed by atoms with Gasteiger partial charge in [0.2, 0.25) is 11.8 Å². The lowest BCUT2D eigenvalue weighted by atomic mass is 10.0. The van der Waals surface area contributed by atoms with E-state index < -0.39 is 0 Å². The lowest BCUT2D eigenvalue weighted by Crippen LogP contribution is -2.22. The number of rotatable bonds is 5. The van der Waals surface area contributed by atoms with Gasteiger partial charge in [0.15, 0.2) is 0 Å². The largest absolute Gasteiger partial charge is 0.495 e. The summed E-state index contributed by atoms with van der Waals surface area (Å²) in [5.74, 6) is -0.187. The van der Waals surface area contributed by atoms with Crippen LogP contribution in [0.4, 0.5) is 11.4 Å². The van der Waals surface area contributed by atoms with E-state index in [1.165, 1.54) is 7.11 Å². The van der Waals surface area contributed by atoms with E-state index in [0.717, 1.165) is 22.4 Å². The summed E-state index contributed by atoms with van der Waals surface area (Å²) in [7, 11) is 1.53. The van der Waals surface area contributed by atoms with Crippen LogP contribution >= 0.6 is 0 Å². The zero-order valence-electron chi connectivity index (χ0n) is 14.4. The van der Waals surface area contributed by atoms with Gasteiger partial charge in [-0.1, -0.05) is 29.8 Å². The van der Waals surface area contributed by atoms with Crippen molar-refractivity contribution in [2.45, 2.75) is 27.2 Å². The standard InChI is InChI=1S/C19H22N2O3/c1-12-9-13(2)19(14(3)10-12)21-18(23)11-17(22)20-15-7-5-6-8-16(15)24-4/h5-10H,11H2,1-4H3,(H,20,22)(H,21,23). The zero-order valence-corrected chi connectivity index (χ0v) is 14.4. The number of hydrogen-bond acceptors (Lipinski definition) is 3. The molecule has 0 aliphatic heterocycles. The van der Waals surface area contributed by atoms with Crippen LogP contribution in [0.15, 0.2) is 36.4 Å². The Morgan fingerprint density at radius 2 is 1.54 bits per heavy atom. The molecule has 0 atom stereocenters. The molecule has 0 fully saturated rings. The van der Waals surface area contributed by atoms with Gasteiger partial charge in [-0.2, -0.15) is 0 Å². The maximum atomic E-state index is 12.2. The summed E-state index contributed by atoms with van der Waals surface area (Å²) >= 11 is 0. The summed E-state index contributed by atoms with van der Waals surface area (Å²) < 4.78 is 5.17. The van der Waals surface area contributed by atoms with Crippen LogP contribution in [0.3, 0.4) is 0 Å². The van der Waals surface area contributed by atoms with Crippen LogP contribution in [0, 0.1) is 20.8 Å². The highest BCUT2D eigenvalue weighted by atomic mass is 16.5. The molecule has 0 saturated carbocycles. The molecule has 2 amide bonds. The molecule has 126 valence electrons. The fraction of sp³-hybridized carbons (Fsp3) is 0.263. The molecule has 0 aromatic heterocycles. The summed E-state index contributed by atoms with van der Waals surface area (Å²) in [5, 5.41) is 5.51. The number of anilines is 2. The molecule has 2 aromatic carbocycles. The van der Waals surface area contributed by atoms with Crippen LogP contribution in [0.5, 0.6) is 5.75 Å². The third kappa shape index (κ3) is 4.35. The second kappa shape index (κ2) is 7.64. The number of aryl methyl sites for hydroxylation is 3. The molecule has 2 aromatic rings. The molecule has 0 spiro atoms. The quantitative estimate of drug-likeness (QED) is 0.825. The maximum Gasteiger partial charge on any atom is 0.233 e. The van der Waals surface area contributed by atoms with Crippen molar-refractivity contribution in [3.63, 3.8) is 0 Å². The molecular weight excluding hydrogens is 304 g/mol. The van der Waals surface area contributed by atoms with Gasteiger partial charge in [0, 0.05) is 5.69 Å². The average molecular weight is 326 g/mol. The zero-order chi connectivity index (χ0) is 17.7. The van der Waals surface area contributed by atoms with Gasteiger partial charge >= 0.3 is 0 Å². The van der Waals surface area contributed by atoms with Crippen LogP contribution in [0.2, 0.25) is 0 Å². The fourth-order valence-electron chi connectivity index (χ4n) is 2.65. The van der Waals surface area contributed by atoms with Crippen LogP contribution in [0.1, 0.15) is 23.1 Å². The van der Waals surface area contributed by atoms with E-state index in [0.29, 0.717) is 11.4 Å². The summed E-state index contributed by atoms with van der Waals surface area (Å²) in [4.78, 5) is 24.2. The Morgan fingerprint density at radius 3 is 2.17 bits per heavy atom. The summed E-state index contributed by atoms with van der Waals surface area (Å²) in [6.45, 7) is 5.88. The Balaban J connectivity index is 2.01. The number of methoxy groups -OCH3 is 1. The molecule has 0 bridgehead atoms. The van der Waals surface area contributed by atoms with Gasteiger partial charge in [0.1, 0.15) is 12.2 Å². The Hall–Kier alpha value is -2.82. The second-order valence-electron chi connectivity index (χ2n) is 5.75. The van der Waals surface area contributed by atoms with Crippen molar-refractivity contribution in [2.24, 2.45) is 0 Å². The Kier molecular flexibility index (Phi) is 5.58. The van der Waals surface area contributed by atoms with Gasteiger partial charge in [-0.3, -0.25) is 9.59 Å². The molecule has 0 saturated heterocycles. The van der Waals surface area contributed by atoms with E-state index in [1.54, 1.807) is 18.2 Å². The van der Waals surface area contributed by atoms with Crippen LogP contribution in [-0.4, -0.2) is 18.9 Å². The molecule has 2 rings (SSSR count). The Labute approximate surface area is 142 Å². The van der Waals surface area contributed by atoms with Gasteiger partial charge in [-0.25, -0.2) is 0 Å². The van der Waals surface area contributed by atoms with Gasteiger partial charge in [0.25, 0.3) is 0 Å². The molecule has 0 radical (unpaired) electrons. The molecular formula is C19H22N2O3. The van der Waals surface area contributed by atoms with Gasteiger partial charge < -0.3 is 15.4 Å². The first kappa shape index (κ1) is 17.5. The smallest absolute Gasteiger partial charge is 0.233 e. The first-order chi connectivity index (χ1) is 11.4. The fourth-order valence-corrected chi connectivity index (χ4v) is 2.65. The summed E-state index contributed by atoms with van der Waals surface area (Å²) in [6.07, 6.45) is -0.259. The number of carbonyl (C=O) groups excluding carboxylic acids is 2. The monoisotopic (exact) mass is 326 g/mol. The van der Waals surface area contributed by atoms with E-state index in [1.807, 2.05) is 39.0 Å². The minimum atomic E-state index is -0.389. The highest BCUT2D eigenvalue weighted by molar-refractivity contribution is 6.08. The van der Waals surface area contributed by atoms with Gasteiger partial charge in [-0.05, 0) is 44.0 Å². The molecule has 24 heavy (non-hydrogen) atoms. The molecule has 0 heterocycles. The molecule has 5 heteroatoms. The van der Waals surface area contributed by atoms with E-state index in [4.69, 9.17) is 4.74 Å². The maximum absolute atomic E-state index is 12.2. The normalized spacial score (nSPS) is 10.2. The van der Waals surface area contributed by atoms with Crippen LogP contribution < -0.4 is 15.4 Å². The first-order valence-electron chi connectivity index (χ1n) is 7.71. The average Bonchev–Trinajstić information content (AvgIpc) is 2.51. The molecule has 0 unspecified atom stereocenters. The van der Waals surface area contributed by atoms with E-state index in [2.05, 4.69) is 10.6 Å². The van der Waals surface area contributed by atoms with Crippen molar-refractivity contribution in [3.05, 3.63) is 53.1 Å². The van der Waals surface area contributed by atoms with Crippen LogP contribution in [-0.2, 0) is 9.59 Å². The SMILES string of the molecule is COc1ccccc1NC(=O)CC(=O)Nc1c(C)cc(C)cc1C. The molecule has 5 nitrogen and oxygen atoms in total. The second-order valence-corrected chi connectivity index (χ2v) is 5.75. The molecule has 0 aliphatic carbocycles. The van der Waals surface area contributed by atoms with Crippen molar-refractivity contribution in [2.75, 3.05) is 17.7 Å². The third-order valence-electron chi connectivity index (χ3n) is 3.64. The predicted octanol–water partition coefficient (Wildman–Crippen LogP) is 3.59. The number of nitrogens with one attached hydrogen (secondary N) is 2. The highest BCUT2D eigenvalue weighted by Crippen LogP contribution is 2.24. The van der Waals surface area contributed by atoms with Gasteiger partial charge in [0.05, 0.1) is 12.8 Å². The minimum absolute atomic E-state index is 0.259. The summed E-state index contributed by atoms with van der Waals surface area (Å²) in [5.41, 5.74) is 4.39. The number of para-hydroxylation sites is 2. The van der Waals surface area contributed by atoms with Crippen molar-refractivity contribution < 1.29 is 14.3 Å². The minimum Gasteiger partial charge on any atom is -0.495 e. The number of benzene rings is 2. The van der Waals surface area contributed by atoms with Crippen molar-refractivity contribution >= 4 is 23.2 Å². The number of ether oxygens (including phenoxy) is 1. The Morgan fingerprint density at radius 1 is 0.958 bits per heavy atom. The Bertz CT molecular complexity index is 746. The number of amides is 2. The predicted molar refractivity (Wildman–Crippen MR) is 95.5 cm³/mol. The van der Waals surface area contributed by atoms with Crippen molar-refractivity contribution in [1.29, 1.82) is 0 Å². The molecule has 0 aliphatic rings. The van der Waals surface area contributed by atoms with Gasteiger partial charge in [-0.15, -0.1) is 0 Å². The van der Waals surface area contributed by atoms with E-state index in [9.17, 15) is 9.59 Å². The lowest BCUT2D eigenvalue weighted by molar-refractivity contribution is -0.123. The van der Waals surface area contributed by atoms with E-state index in [-0.39, 0.29) is 18.2 Å². The number of hydrogen-bond donors (Lipinski definition) is 2. The number of carbonyl (C=O) groups is 2. The summed E-state index contributed by atoms with van der Waals surface area (Å²) in [6, 6.07) is 11.1. The highest BCUT2D eigenvalue weighted by Gasteiger charge is 2.14.